The summed E-state index contributed by atoms with van der Waals surface area (Å²) in [5.41, 5.74) is 2.25. The minimum absolute atomic E-state index is 0.115. The molecule has 1 fully saturated rings. The third-order valence-electron chi connectivity index (χ3n) is 4.35. The first-order valence-electron chi connectivity index (χ1n) is 9.49. The number of benzene rings is 1. The van der Waals surface area contributed by atoms with E-state index in [1.54, 1.807) is 0 Å². The Morgan fingerprint density at radius 1 is 1.27 bits per heavy atom. The summed E-state index contributed by atoms with van der Waals surface area (Å²) in [6, 6.07) is 7.77. The fourth-order valence-electron chi connectivity index (χ4n) is 3.01. The summed E-state index contributed by atoms with van der Waals surface area (Å²) < 4.78 is 0. The molecule has 0 atom stereocenters. The Labute approximate surface area is 157 Å². The summed E-state index contributed by atoms with van der Waals surface area (Å²) in [6.07, 6.45) is 1.19. The lowest BCUT2D eigenvalue weighted by molar-refractivity contribution is 0.250. The highest BCUT2D eigenvalue weighted by Crippen LogP contribution is 2.28. The second-order valence-corrected chi connectivity index (χ2v) is 7.96. The Hall–Kier alpha value is -2.24. The molecule has 0 bridgehead atoms. The van der Waals surface area contributed by atoms with Crippen LogP contribution in [0.3, 0.4) is 0 Å². The monoisotopic (exact) mass is 359 g/mol. The van der Waals surface area contributed by atoms with Crippen LogP contribution in [0.5, 0.6) is 0 Å². The molecule has 3 N–H and O–H groups in total. The molecule has 6 nitrogen and oxygen atoms in total. The van der Waals surface area contributed by atoms with Gasteiger partial charge in [-0.3, -0.25) is 0 Å². The minimum Gasteiger partial charge on any atom is -0.357 e. The molecule has 2 amide bonds. The third-order valence-corrected chi connectivity index (χ3v) is 4.35. The number of rotatable bonds is 5. The number of guanidine groups is 1. The standard InChI is InChI=1S/C20H33N5O/c1-6-21-18(25-12-11-20(4,5)14-25)22-13-16-7-9-17(10-8-16)24-19(26)23-15(2)3/h7-10,15H,6,11-14H2,1-5H3,(H,21,22)(H2,23,24,26). The van der Waals surface area contributed by atoms with Gasteiger partial charge in [0, 0.05) is 31.4 Å². The van der Waals surface area contributed by atoms with Crippen LogP contribution in [-0.2, 0) is 6.54 Å². The SMILES string of the molecule is CCNC(=NCc1ccc(NC(=O)NC(C)C)cc1)N1CCC(C)(C)C1. The normalized spacial score (nSPS) is 16.7. The Kier molecular flexibility index (Phi) is 6.89. The number of aliphatic imine (C=N–C) groups is 1. The summed E-state index contributed by atoms with van der Waals surface area (Å²) in [5, 5.41) is 9.04. The molecule has 1 heterocycles. The van der Waals surface area contributed by atoms with Crippen LogP contribution in [0.2, 0.25) is 0 Å². The predicted octanol–water partition coefficient (Wildman–Crippen LogP) is 3.41. The van der Waals surface area contributed by atoms with Crippen molar-refractivity contribution in [3.05, 3.63) is 29.8 Å². The molecule has 144 valence electrons. The molecule has 1 aromatic carbocycles. The fourth-order valence-corrected chi connectivity index (χ4v) is 3.01. The average Bonchev–Trinajstić information content (AvgIpc) is 2.92. The molecular formula is C20H33N5O. The van der Waals surface area contributed by atoms with Crippen molar-refractivity contribution in [2.75, 3.05) is 25.0 Å². The average molecular weight is 360 g/mol. The van der Waals surface area contributed by atoms with E-state index >= 15 is 0 Å². The molecule has 1 aromatic rings. The van der Waals surface area contributed by atoms with Crippen molar-refractivity contribution in [3.8, 4) is 0 Å². The highest BCUT2D eigenvalue weighted by Gasteiger charge is 2.30. The van der Waals surface area contributed by atoms with E-state index in [1.165, 1.54) is 6.42 Å². The molecule has 1 aliphatic rings. The first-order valence-corrected chi connectivity index (χ1v) is 9.49. The van der Waals surface area contributed by atoms with Gasteiger partial charge in [0.1, 0.15) is 0 Å². The van der Waals surface area contributed by atoms with Crippen LogP contribution in [0.4, 0.5) is 10.5 Å². The number of urea groups is 1. The zero-order valence-electron chi connectivity index (χ0n) is 16.7. The maximum Gasteiger partial charge on any atom is 0.319 e. The van der Waals surface area contributed by atoms with Gasteiger partial charge in [0.25, 0.3) is 0 Å². The van der Waals surface area contributed by atoms with Crippen LogP contribution in [0.1, 0.15) is 46.6 Å². The summed E-state index contributed by atoms with van der Waals surface area (Å²) in [7, 11) is 0. The molecule has 0 saturated carbocycles. The highest BCUT2D eigenvalue weighted by molar-refractivity contribution is 5.89. The first-order chi connectivity index (χ1) is 12.3. The summed E-state index contributed by atoms with van der Waals surface area (Å²) in [5.74, 6) is 0.983. The van der Waals surface area contributed by atoms with E-state index in [2.05, 4.69) is 41.6 Å². The van der Waals surface area contributed by atoms with Crippen LogP contribution in [0.25, 0.3) is 0 Å². The van der Waals surface area contributed by atoms with Gasteiger partial charge in [-0.25, -0.2) is 9.79 Å². The Morgan fingerprint density at radius 2 is 1.96 bits per heavy atom. The largest absolute Gasteiger partial charge is 0.357 e. The maximum absolute atomic E-state index is 11.7. The van der Waals surface area contributed by atoms with Crippen molar-refractivity contribution in [1.29, 1.82) is 0 Å². The molecule has 0 spiro atoms. The minimum atomic E-state index is -0.183. The van der Waals surface area contributed by atoms with Crippen molar-refractivity contribution in [2.24, 2.45) is 10.4 Å². The lowest BCUT2D eigenvalue weighted by atomic mass is 9.93. The van der Waals surface area contributed by atoms with Crippen molar-refractivity contribution < 1.29 is 4.79 Å². The van der Waals surface area contributed by atoms with Crippen molar-refractivity contribution >= 4 is 17.7 Å². The van der Waals surface area contributed by atoms with Crippen LogP contribution in [0, 0.1) is 5.41 Å². The Bertz CT molecular complexity index is 622. The number of amides is 2. The molecule has 0 aliphatic carbocycles. The van der Waals surface area contributed by atoms with Crippen molar-refractivity contribution in [2.45, 2.75) is 53.6 Å². The van der Waals surface area contributed by atoms with Crippen LogP contribution < -0.4 is 16.0 Å². The van der Waals surface area contributed by atoms with E-state index < -0.39 is 0 Å². The highest BCUT2D eigenvalue weighted by atomic mass is 16.2. The van der Waals surface area contributed by atoms with Gasteiger partial charge in [-0.2, -0.15) is 0 Å². The predicted molar refractivity (Wildman–Crippen MR) is 109 cm³/mol. The second kappa shape index (κ2) is 8.92. The van der Waals surface area contributed by atoms with E-state index in [4.69, 9.17) is 4.99 Å². The number of hydrogen-bond acceptors (Lipinski definition) is 2. The lowest BCUT2D eigenvalue weighted by Gasteiger charge is -2.23. The number of anilines is 1. The van der Waals surface area contributed by atoms with Gasteiger partial charge >= 0.3 is 6.03 Å². The van der Waals surface area contributed by atoms with Crippen molar-refractivity contribution in [1.82, 2.24) is 15.5 Å². The summed E-state index contributed by atoms with van der Waals surface area (Å²) in [4.78, 5) is 18.9. The molecule has 0 radical (unpaired) electrons. The van der Waals surface area contributed by atoms with E-state index in [0.717, 1.165) is 36.8 Å². The zero-order chi connectivity index (χ0) is 19.2. The van der Waals surface area contributed by atoms with Gasteiger partial charge in [-0.15, -0.1) is 0 Å². The molecule has 1 saturated heterocycles. The van der Waals surface area contributed by atoms with Gasteiger partial charge in [0.2, 0.25) is 0 Å². The molecule has 0 unspecified atom stereocenters. The lowest BCUT2D eigenvalue weighted by Crippen LogP contribution is -2.40. The molecule has 26 heavy (non-hydrogen) atoms. The van der Waals surface area contributed by atoms with Gasteiger partial charge in [0.05, 0.1) is 6.54 Å². The fraction of sp³-hybridized carbons (Fsp3) is 0.600. The quantitative estimate of drug-likeness (QED) is 0.557. The van der Waals surface area contributed by atoms with Crippen molar-refractivity contribution in [3.63, 3.8) is 0 Å². The van der Waals surface area contributed by atoms with Crippen LogP contribution in [0.15, 0.2) is 29.3 Å². The van der Waals surface area contributed by atoms with Crippen LogP contribution in [-0.4, -0.2) is 42.6 Å². The molecule has 1 aliphatic heterocycles. The third kappa shape index (κ3) is 6.24. The molecule has 2 rings (SSSR count). The number of carbonyl (C=O) groups excluding carboxylic acids is 1. The molecule has 6 heteroatoms. The zero-order valence-corrected chi connectivity index (χ0v) is 16.7. The number of carbonyl (C=O) groups is 1. The van der Waals surface area contributed by atoms with E-state index in [9.17, 15) is 4.79 Å². The molecular weight excluding hydrogens is 326 g/mol. The van der Waals surface area contributed by atoms with Gasteiger partial charge in [-0.05, 0) is 50.3 Å². The number of nitrogens with zero attached hydrogens (tertiary/aromatic N) is 2. The van der Waals surface area contributed by atoms with Gasteiger partial charge < -0.3 is 20.9 Å². The number of nitrogens with one attached hydrogen (secondary N) is 3. The smallest absolute Gasteiger partial charge is 0.319 e. The number of likely N-dealkylation sites (tertiary alicyclic amines) is 1. The maximum atomic E-state index is 11.7. The number of hydrogen-bond donors (Lipinski definition) is 3. The Morgan fingerprint density at radius 3 is 2.50 bits per heavy atom. The van der Waals surface area contributed by atoms with Crippen LogP contribution >= 0.6 is 0 Å². The summed E-state index contributed by atoms with van der Waals surface area (Å²) >= 11 is 0. The van der Waals surface area contributed by atoms with Gasteiger partial charge in [-0.1, -0.05) is 26.0 Å². The first kappa shape index (κ1) is 20.1. The second-order valence-electron chi connectivity index (χ2n) is 7.96. The topological polar surface area (TPSA) is 68.8 Å². The molecule has 0 aromatic heterocycles. The van der Waals surface area contributed by atoms with E-state index in [0.29, 0.717) is 12.0 Å². The Balaban J connectivity index is 1.96. The van der Waals surface area contributed by atoms with Gasteiger partial charge in [0.15, 0.2) is 5.96 Å². The van der Waals surface area contributed by atoms with E-state index in [1.807, 2.05) is 38.1 Å². The van der Waals surface area contributed by atoms with E-state index in [-0.39, 0.29) is 12.1 Å². The summed E-state index contributed by atoms with van der Waals surface area (Å²) in [6.45, 7) is 14.1.